The van der Waals surface area contributed by atoms with Crippen molar-refractivity contribution in [3.05, 3.63) is 36.1 Å². The highest BCUT2D eigenvalue weighted by Crippen LogP contribution is 2.31. The first-order chi connectivity index (χ1) is 11.5. The molecule has 6 nitrogen and oxygen atoms in total. The maximum atomic E-state index is 12.6. The number of amides is 1. The van der Waals surface area contributed by atoms with Crippen LogP contribution in [0.25, 0.3) is 11.3 Å². The van der Waals surface area contributed by atoms with Gasteiger partial charge < -0.3 is 24.5 Å². The van der Waals surface area contributed by atoms with E-state index in [1.807, 2.05) is 19.9 Å². The van der Waals surface area contributed by atoms with Crippen LogP contribution in [0.4, 0.5) is 5.69 Å². The summed E-state index contributed by atoms with van der Waals surface area (Å²) in [6.45, 7) is 5.04. The molecule has 128 valence electrons. The van der Waals surface area contributed by atoms with Crippen molar-refractivity contribution in [2.24, 2.45) is 0 Å². The van der Waals surface area contributed by atoms with Gasteiger partial charge in [-0.05, 0) is 38.1 Å². The molecule has 1 aliphatic heterocycles. The number of nitrogens with two attached hydrogens (primary N) is 1. The quantitative estimate of drug-likeness (QED) is 0.876. The van der Waals surface area contributed by atoms with Crippen LogP contribution in [0, 0.1) is 0 Å². The summed E-state index contributed by atoms with van der Waals surface area (Å²) in [5.41, 5.74) is 7.31. The number of carbonyl (C=O) groups is 1. The molecule has 1 fully saturated rings. The van der Waals surface area contributed by atoms with E-state index in [9.17, 15) is 4.79 Å². The van der Waals surface area contributed by atoms with Crippen LogP contribution >= 0.6 is 0 Å². The molecular weight excluding hydrogens is 308 g/mol. The second-order valence-corrected chi connectivity index (χ2v) is 6.08. The lowest BCUT2D eigenvalue weighted by Gasteiger charge is -2.34. The summed E-state index contributed by atoms with van der Waals surface area (Å²) >= 11 is 0. The van der Waals surface area contributed by atoms with Gasteiger partial charge in [-0.3, -0.25) is 4.79 Å². The first-order valence-corrected chi connectivity index (χ1v) is 7.96. The standard InChI is InChI=1S/C18H22N2O4/c1-11-9-20(10-12(2)23-11)18(21)17-7-6-16(24-17)14-5-4-13(22-3)8-15(14)19/h4-8,11-12H,9-10,19H2,1-3H3/t11-,12-/m0/s1. The highest BCUT2D eigenvalue weighted by Gasteiger charge is 2.28. The molecule has 1 aliphatic rings. The lowest BCUT2D eigenvalue weighted by molar-refractivity contribution is -0.0592. The van der Waals surface area contributed by atoms with Gasteiger partial charge >= 0.3 is 0 Å². The zero-order valence-electron chi connectivity index (χ0n) is 14.1. The molecule has 0 aliphatic carbocycles. The van der Waals surface area contributed by atoms with Crippen LogP contribution < -0.4 is 10.5 Å². The Labute approximate surface area is 141 Å². The van der Waals surface area contributed by atoms with Gasteiger partial charge in [0.05, 0.1) is 19.3 Å². The van der Waals surface area contributed by atoms with Crippen LogP contribution in [-0.4, -0.2) is 43.2 Å². The average Bonchev–Trinajstić information content (AvgIpc) is 3.02. The van der Waals surface area contributed by atoms with E-state index in [4.69, 9.17) is 19.6 Å². The number of morpholine rings is 1. The Hall–Kier alpha value is -2.47. The largest absolute Gasteiger partial charge is 0.497 e. The van der Waals surface area contributed by atoms with E-state index < -0.39 is 0 Å². The Balaban J connectivity index is 1.81. The van der Waals surface area contributed by atoms with Crippen molar-refractivity contribution in [3.8, 4) is 17.1 Å². The molecule has 0 unspecified atom stereocenters. The number of rotatable bonds is 3. The van der Waals surface area contributed by atoms with E-state index in [-0.39, 0.29) is 18.1 Å². The fraction of sp³-hybridized carbons (Fsp3) is 0.389. The predicted molar refractivity (Wildman–Crippen MR) is 91.0 cm³/mol. The zero-order valence-corrected chi connectivity index (χ0v) is 14.1. The second kappa shape index (κ2) is 6.57. The minimum atomic E-state index is -0.129. The fourth-order valence-corrected chi connectivity index (χ4v) is 2.99. The van der Waals surface area contributed by atoms with Gasteiger partial charge in [0.25, 0.3) is 5.91 Å². The van der Waals surface area contributed by atoms with Gasteiger partial charge in [0.15, 0.2) is 5.76 Å². The van der Waals surface area contributed by atoms with Crippen molar-refractivity contribution in [1.29, 1.82) is 0 Å². The van der Waals surface area contributed by atoms with E-state index in [1.54, 1.807) is 36.3 Å². The summed E-state index contributed by atoms with van der Waals surface area (Å²) in [7, 11) is 1.59. The van der Waals surface area contributed by atoms with Gasteiger partial charge in [0, 0.05) is 30.4 Å². The third-order valence-electron chi connectivity index (χ3n) is 4.05. The third kappa shape index (κ3) is 3.23. The molecule has 2 N–H and O–H groups in total. The summed E-state index contributed by atoms with van der Waals surface area (Å²) < 4.78 is 16.6. The summed E-state index contributed by atoms with van der Waals surface area (Å²) in [4.78, 5) is 14.4. The maximum absolute atomic E-state index is 12.6. The minimum absolute atomic E-state index is 0.0179. The monoisotopic (exact) mass is 330 g/mol. The summed E-state index contributed by atoms with van der Waals surface area (Å²) in [5, 5.41) is 0. The number of furan rings is 1. The second-order valence-electron chi connectivity index (χ2n) is 6.08. The Kier molecular flexibility index (Phi) is 4.49. The van der Waals surface area contributed by atoms with Gasteiger partial charge in [-0.15, -0.1) is 0 Å². The predicted octanol–water partition coefficient (Wildman–Crippen LogP) is 2.79. The number of anilines is 1. The van der Waals surface area contributed by atoms with Gasteiger partial charge in [0.2, 0.25) is 0 Å². The highest BCUT2D eigenvalue weighted by atomic mass is 16.5. The van der Waals surface area contributed by atoms with Crippen molar-refractivity contribution in [2.75, 3.05) is 25.9 Å². The molecule has 1 saturated heterocycles. The first kappa shape index (κ1) is 16.4. The molecule has 2 heterocycles. The van der Waals surface area contributed by atoms with E-state index in [1.165, 1.54) is 0 Å². The average molecular weight is 330 g/mol. The van der Waals surface area contributed by atoms with E-state index in [0.717, 1.165) is 5.56 Å². The topological polar surface area (TPSA) is 77.9 Å². The van der Waals surface area contributed by atoms with Gasteiger partial charge in [-0.2, -0.15) is 0 Å². The molecule has 0 radical (unpaired) electrons. The summed E-state index contributed by atoms with van der Waals surface area (Å²) in [6.07, 6.45) is 0.0359. The summed E-state index contributed by atoms with van der Waals surface area (Å²) in [5.74, 6) is 1.42. The van der Waals surface area contributed by atoms with E-state index in [0.29, 0.717) is 36.0 Å². The Morgan fingerprint density at radius 2 is 1.92 bits per heavy atom. The maximum Gasteiger partial charge on any atom is 0.289 e. The number of hydrogen-bond acceptors (Lipinski definition) is 5. The molecule has 0 spiro atoms. The smallest absolute Gasteiger partial charge is 0.289 e. The van der Waals surface area contributed by atoms with Crippen molar-refractivity contribution >= 4 is 11.6 Å². The molecule has 1 aromatic heterocycles. The molecule has 2 atom stereocenters. The van der Waals surface area contributed by atoms with Crippen LogP contribution in [-0.2, 0) is 4.74 Å². The summed E-state index contributed by atoms with van der Waals surface area (Å²) in [6, 6.07) is 8.80. The van der Waals surface area contributed by atoms with Crippen LogP contribution in [0.3, 0.4) is 0 Å². The number of nitrogens with zero attached hydrogens (tertiary/aromatic N) is 1. The molecule has 6 heteroatoms. The number of nitrogen functional groups attached to an aromatic ring is 1. The number of carbonyl (C=O) groups excluding carboxylic acids is 1. The molecular formula is C18H22N2O4. The number of ether oxygens (including phenoxy) is 2. The van der Waals surface area contributed by atoms with Gasteiger partial charge in [0.1, 0.15) is 11.5 Å². The number of methoxy groups -OCH3 is 1. The Morgan fingerprint density at radius 1 is 1.21 bits per heavy atom. The van der Waals surface area contributed by atoms with Crippen LogP contribution in [0.5, 0.6) is 5.75 Å². The van der Waals surface area contributed by atoms with Crippen LogP contribution in [0.2, 0.25) is 0 Å². The fourth-order valence-electron chi connectivity index (χ4n) is 2.99. The molecule has 3 rings (SSSR count). The number of hydrogen-bond donors (Lipinski definition) is 1. The number of benzene rings is 1. The van der Waals surface area contributed by atoms with Crippen LogP contribution in [0.15, 0.2) is 34.7 Å². The van der Waals surface area contributed by atoms with Crippen molar-refractivity contribution in [1.82, 2.24) is 4.90 Å². The lowest BCUT2D eigenvalue weighted by Crippen LogP contribution is -2.48. The Morgan fingerprint density at radius 3 is 2.54 bits per heavy atom. The molecule has 2 aromatic rings. The van der Waals surface area contributed by atoms with Crippen LogP contribution in [0.1, 0.15) is 24.4 Å². The van der Waals surface area contributed by atoms with Crippen molar-refractivity contribution in [2.45, 2.75) is 26.1 Å². The zero-order chi connectivity index (χ0) is 17.3. The molecule has 1 aromatic carbocycles. The minimum Gasteiger partial charge on any atom is -0.497 e. The molecule has 1 amide bonds. The normalized spacial score (nSPS) is 20.9. The molecule has 0 saturated carbocycles. The third-order valence-corrected chi connectivity index (χ3v) is 4.05. The lowest BCUT2D eigenvalue weighted by atomic mass is 10.1. The molecule has 24 heavy (non-hydrogen) atoms. The van der Waals surface area contributed by atoms with E-state index in [2.05, 4.69) is 0 Å². The SMILES string of the molecule is COc1ccc(-c2ccc(C(=O)N3C[C@H](C)O[C@@H](C)C3)o2)c(N)c1. The van der Waals surface area contributed by atoms with Gasteiger partial charge in [-0.1, -0.05) is 0 Å². The Bertz CT molecular complexity index is 730. The van der Waals surface area contributed by atoms with E-state index >= 15 is 0 Å². The first-order valence-electron chi connectivity index (χ1n) is 7.96. The van der Waals surface area contributed by atoms with Crippen molar-refractivity contribution < 1.29 is 18.7 Å². The molecule has 0 bridgehead atoms. The van der Waals surface area contributed by atoms with Crippen molar-refractivity contribution in [3.63, 3.8) is 0 Å². The van der Waals surface area contributed by atoms with Gasteiger partial charge in [-0.25, -0.2) is 0 Å². The highest BCUT2D eigenvalue weighted by molar-refractivity contribution is 5.92.